The van der Waals surface area contributed by atoms with Gasteiger partial charge in [0, 0.05) is 21.8 Å². The van der Waals surface area contributed by atoms with E-state index in [-0.39, 0.29) is 11.7 Å². The number of carbonyl (C=O) groups excluding carboxylic acids is 1. The highest BCUT2D eigenvalue weighted by Gasteiger charge is 2.17. The molecule has 0 radical (unpaired) electrons. The molecule has 0 aliphatic carbocycles. The van der Waals surface area contributed by atoms with Gasteiger partial charge in [-0.15, -0.1) is 10.2 Å². The predicted octanol–water partition coefficient (Wildman–Crippen LogP) is 6.41. The Balaban J connectivity index is 1.24. The van der Waals surface area contributed by atoms with Gasteiger partial charge < -0.3 is 4.74 Å². The van der Waals surface area contributed by atoms with Gasteiger partial charge in [0.2, 0.25) is 0 Å². The van der Waals surface area contributed by atoms with Gasteiger partial charge in [-0.05, 0) is 54.1 Å². The zero-order valence-electron chi connectivity index (χ0n) is 20.8. The molecule has 1 aromatic heterocycles. The Morgan fingerprint density at radius 2 is 1.59 bits per heavy atom. The summed E-state index contributed by atoms with van der Waals surface area (Å²) in [5, 5.41) is 14.1. The third-order valence-electron chi connectivity index (χ3n) is 5.63. The largest absolute Gasteiger partial charge is 0.488 e. The van der Waals surface area contributed by atoms with Crippen molar-refractivity contribution >= 4 is 35.5 Å². The number of ether oxygens (including phenoxy) is 1. The van der Waals surface area contributed by atoms with Gasteiger partial charge in [0.1, 0.15) is 12.4 Å². The molecule has 194 valence electrons. The summed E-state index contributed by atoms with van der Waals surface area (Å²) < 4.78 is 7.87. The number of rotatable bonds is 10. The predicted molar refractivity (Wildman–Crippen MR) is 155 cm³/mol. The monoisotopic (exact) mass is 553 g/mol. The topological polar surface area (TPSA) is 81.4 Å². The molecule has 0 saturated heterocycles. The van der Waals surface area contributed by atoms with E-state index in [4.69, 9.17) is 16.3 Å². The van der Waals surface area contributed by atoms with E-state index >= 15 is 0 Å². The molecular formula is C30H24ClN5O2S. The van der Waals surface area contributed by atoms with E-state index in [1.807, 2.05) is 114 Å². The van der Waals surface area contributed by atoms with Crippen LogP contribution in [0.15, 0.2) is 119 Å². The first kappa shape index (κ1) is 26.2. The molecule has 0 aliphatic rings. The van der Waals surface area contributed by atoms with E-state index in [9.17, 15) is 4.79 Å². The first-order valence-corrected chi connectivity index (χ1v) is 13.5. The lowest BCUT2D eigenvalue weighted by Crippen LogP contribution is -2.20. The van der Waals surface area contributed by atoms with Crippen molar-refractivity contribution in [2.75, 3.05) is 5.75 Å². The van der Waals surface area contributed by atoms with E-state index in [2.05, 4.69) is 20.7 Å². The molecule has 1 N–H and O–H groups in total. The third kappa shape index (κ3) is 6.93. The Labute approximate surface area is 235 Å². The number of nitrogens with zero attached hydrogens (tertiary/aromatic N) is 4. The highest BCUT2D eigenvalue weighted by molar-refractivity contribution is 7.99. The van der Waals surface area contributed by atoms with Crippen LogP contribution in [0.2, 0.25) is 5.02 Å². The molecular weight excluding hydrogens is 530 g/mol. The van der Waals surface area contributed by atoms with E-state index < -0.39 is 0 Å². The minimum atomic E-state index is -0.269. The number of nitrogens with one attached hydrogen (secondary N) is 1. The highest BCUT2D eigenvalue weighted by atomic mass is 35.5. The quantitative estimate of drug-likeness (QED) is 0.123. The minimum absolute atomic E-state index is 0.106. The molecule has 0 saturated carbocycles. The van der Waals surface area contributed by atoms with Gasteiger partial charge in [-0.2, -0.15) is 5.10 Å². The van der Waals surface area contributed by atoms with Gasteiger partial charge in [-0.25, -0.2) is 5.43 Å². The Morgan fingerprint density at radius 1 is 0.897 bits per heavy atom. The molecule has 0 atom stereocenters. The second kappa shape index (κ2) is 12.9. The van der Waals surface area contributed by atoms with Gasteiger partial charge in [0.25, 0.3) is 5.91 Å². The lowest BCUT2D eigenvalue weighted by atomic mass is 10.2. The standard InChI is InChI=1S/C30H24ClN5O2S/c31-25-17-15-23(16-18-25)29-34-35-30(36(29)26-12-5-2-6-13-26)39-21-28(37)33-32-19-24-11-7-8-14-27(24)38-20-22-9-3-1-4-10-22/h1-19H,20-21H2,(H,33,37)/b32-19+. The van der Waals surface area contributed by atoms with Gasteiger partial charge in [-0.1, -0.05) is 84.0 Å². The molecule has 5 rings (SSSR count). The summed E-state index contributed by atoms with van der Waals surface area (Å²) >= 11 is 7.34. The second-order valence-corrected chi connectivity index (χ2v) is 9.76. The maximum absolute atomic E-state index is 12.6. The molecule has 0 aliphatic heterocycles. The molecule has 0 spiro atoms. The summed E-state index contributed by atoms with van der Waals surface area (Å²) in [4.78, 5) is 12.6. The van der Waals surface area contributed by atoms with Crippen LogP contribution < -0.4 is 10.2 Å². The summed E-state index contributed by atoms with van der Waals surface area (Å²) in [5.74, 6) is 1.18. The Morgan fingerprint density at radius 3 is 2.36 bits per heavy atom. The fraction of sp³-hybridized carbons (Fsp3) is 0.0667. The summed E-state index contributed by atoms with van der Waals surface area (Å²) in [7, 11) is 0. The van der Waals surface area contributed by atoms with Crippen molar-refractivity contribution < 1.29 is 9.53 Å². The summed E-state index contributed by atoms with van der Waals surface area (Å²) in [6.45, 7) is 0.439. The SMILES string of the molecule is O=C(CSc1nnc(-c2ccc(Cl)cc2)n1-c1ccccc1)N/N=C/c1ccccc1OCc1ccccc1. The Hall–Kier alpha value is -4.40. The number of benzene rings is 4. The van der Waals surface area contributed by atoms with Gasteiger partial charge >= 0.3 is 0 Å². The van der Waals surface area contributed by atoms with E-state index in [1.54, 1.807) is 6.21 Å². The van der Waals surface area contributed by atoms with Crippen LogP contribution in [0.3, 0.4) is 0 Å². The van der Waals surface area contributed by atoms with E-state index in [1.165, 1.54) is 11.8 Å². The number of carbonyl (C=O) groups is 1. The first-order valence-electron chi connectivity index (χ1n) is 12.1. The number of thioether (sulfide) groups is 1. The average Bonchev–Trinajstić information content (AvgIpc) is 3.41. The number of aromatic nitrogens is 3. The fourth-order valence-electron chi connectivity index (χ4n) is 3.75. The zero-order chi connectivity index (χ0) is 26.9. The van der Waals surface area contributed by atoms with Crippen LogP contribution in [0.25, 0.3) is 17.1 Å². The van der Waals surface area contributed by atoms with Crippen LogP contribution >= 0.6 is 23.4 Å². The first-order chi connectivity index (χ1) is 19.2. The summed E-state index contributed by atoms with van der Waals surface area (Å²) in [6.07, 6.45) is 1.58. The smallest absolute Gasteiger partial charge is 0.250 e. The van der Waals surface area contributed by atoms with Gasteiger partial charge in [0.15, 0.2) is 11.0 Å². The molecule has 1 amide bonds. The molecule has 9 heteroatoms. The molecule has 0 bridgehead atoms. The number of hydrogen-bond donors (Lipinski definition) is 1. The zero-order valence-corrected chi connectivity index (χ0v) is 22.3. The summed E-state index contributed by atoms with van der Waals surface area (Å²) in [6, 6.07) is 34.6. The summed E-state index contributed by atoms with van der Waals surface area (Å²) in [5.41, 5.74) is 6.17. The van der Waals surface area contributed by atoms with E-state index in [0.29, 0.717) is 28.4 Å². The minimum Gasteiger partial charge on any atom is -0.488 e. The van der Waals surface area contributed by atoms with Crippen molar-refractivity contribution in [3.8, 4) is 22.8 Å². The number of amides is 1. The molecule has 7 nitrogen and oxygen atoms in total. The van der Waals surface area contributed by atoms with Gasteiger partial charge in [0.05, 0.1) is 12.0 Å². The lowest BCUT2D eigenvalue weighted by Gasteiger charge is -2.10. The molecule has 4 aromatic carbocycles. The highest BCUT2D eigenvalue weighted by Crippen LogP contribution is 2.28. The maximum Gasteiger partial charge on any atom is 0.250 e. The Kier molecular flexibility index (Phi) is 8.68. The van der Waals surface area contributed by atoms with Crippen LogP contribution in [-0.4, -0.2) is 32.6 Å². The lowest BCUT2D eigenvalue weighted by molar-refractivity contribution is -0.118. The Bertz CT molecular complexity index is 1560. The number of hydrazone groups is 1. The number of halogens is 1. The molecule has 0 fully saturated rings. The van der Waals surface area contributed by atoms with Crippen molar-refractivity contribution in [1.82, 2.24) is 20.2 Å². The molecule has 1 heterocycles. The van der Waals surface area contributed by atoms with Crippen LogP contribution in [-0.2, 0) is 11.4 Å². The van der Waals surface area contributed by atoms with Crippen molar-refractivity contribution in [2.45, 2.75) is 11.8 Å². The fourth-order valence-corrected chi connectivity index (χ4v) is 4.62. The van der Waals surface area contributed by atoms with Crippen LogP contribution in [0, 0.1) is 0 Å². The number of hydrogen-bond acceptors (Lipinski definition) is 6. The van der Waals surface area contributed by atoms with Crippen LogP contribution in [0.1, 0.15) is 11.1 Å². The van der Waals surface area contributed by atoms with E-state index in [0.717, 1.165) is 22.4 Å². The second-order valence-electron chi connectivity index (χ2n) is 8.38. The normalized spacial score (nSPS) is 11.0. The third-order valence-corrected chi connectivity index (χ3v) is 6.81. The molecule has 5 aromatic rings. The van der Waals surface area contributed by atoms with Crippen molar-refractivity contribution in [2.24, 2.45) is 5.10 Å². The molecule has 39 heavy (non-hydrogen) atoms. The van der Waals surface area contributed by atoms with Gasteiger partial charge in [-0.3, -0.25) is 9.36 Å². The van der Waals surface area contributed by atoms with Crippen molar-refractivity contribution in [3.63, 3.8) is 0 Å². The van der Waals surface area contributed by atoms with Crippen molar-refractivity contribution in [3.05, 3.63) is 125 Å². The maximum atomic E-state index is 12.6. The number of para-hydroxylation sites is 2. The average molecular weight is 554 g/mol. The molecule has 0 unspecified atom stereocenters. The van der Waals surface area contributed by atoms with Crippen molar-refractivity contribution in [1.29, 1.82) is 0 Å². The van der Waals surface area contributed by atoms with Crippen LogP contribution in [0.5, 0.6) is 5.75 Å². The van der Waals surface area contributed by atoms with Crippen LogP contribution in [0.4, 0.5) is 0 Å².